The van der Waals surface area contributed by atoms with E-state index in [2.05, 4.69) is 143 Å². The monoisotopic (exact) mass is 541 g/mol. The molecule has 0 aliphatic heterocycles. The molecule has 41 heavy (non-hydrogen) atoms. The summed E-state index contributed by atoms with van der Waals surface area (Å²) in [4.78, 5) is 5.07. The van der Waals surface area contributed by atoms with Crippen molar-refractivity contribution >= 4 is 64.3 Å². The zero-order valence-electron chi connectivity index (χ0n) is 22.0. The van der Waals surface area contributed by atoms with E-state index in [1.54, 1.807) is 0 Å². The Hall–Kier alpha value is -5.19. The molecule has 3 nitrogen and oxygen atoms in total. The van der Waals surface area contributed by atoms with Gasteiger partial charge in [0.05, 0.1) is 22.1 Å². The average molecular weight is 542 g/mol. The van der Waals surface area contributed by atoms with Crippen LogP contribution in [0.1, 0.15) is 0 Å². The summed E-state index contributed by atoms with van der Waals surface area (Å²) in [5.41, 5.74) is 7.87. The summed E-state index contributed by atoms with van der Waals surface area (Å²) in [5, 5.41) is 5.20. The van der Waals surface area contributed by atoms with Crippen molar-refractivity contribution in [2.24, 2.45) is 0 Å². The molecule has 9 rings (SSSR count). The Morgan fingerprint density at radius 2 is 1.12 bits per heavy atom. The van der Waals surface area contributed by atoms with Crippen LogP contribution >= 0.6 is 11.3 Å². The number of para-hydroxylation sites is 4. The molecule has 0 N–H and O–H groups in total. The topological polar surface area (TPSA) is 22.8 Å². The molecule has 0 saturated carbocycles. The summed E-state index contributed by atoms with van der Waals surface area (Å²) in [6.07, 6.45) is 0. The first-order valence-corrected chi connectivity index (χ1v) is 14.6. The van der Waals surface area contributed by atoms with Gasteiger partial charge in [0.15, 0.2) is 0 Å². The minimum Gasteiger partial charge on any atom is -0.309 e. The Bertz CT molecular complexity index is 2410. The van der Waals surface area contributed by atoms with E-state index in [4.69, 9.17) is 4.98 Å². The molecule has 6 aromatic carbocycles. The summed E-state index contributed by atoms with van der Waals surface area (Å²) in [5.74, 6) is 0.942. The van der Waals surface area contributed by atoms with Gasteiger partial charge in [0.2, 0.25) is 0 Å². The van der Waals surface area contributed by atoms with E-state index in [0.717, 1.165) is 33.8 Å². The molecule has 0 atom stereocenters. The number of aromatic nitrogens is 3. The highest BCUT2D eigenvalue weighted by Gasteiger charge is 2.17. The second-order valence-electron chi connectivity index (χ2n) is 10.5. The quantitative estimate of drug-likeness (QED) is 0.218. The molecule has 0 spiro atoms. The third-order valence-corrected chi connectivity index (χ3v) is 9.26. The minimum atomic E-state index is 0.942. The van der Waals surface area contributed by atoms with Crippen LogP contribution in [0.25, 0.3) is 75.8 Å². The first kappa shape index (κ1) is 22.6. The van der Waals surface area contributed by atoms with E-state index in [1.165, 1.54) is 42.0 Å². The maximum Gasteiger partial charge on any atom is 0.145 e. The van der Waals surface area contributed by atoms with Gasteiger partial charge in [-0.2, -0.15) is 0 Å². The maximum atomic E-state index is 5.07. The van der Waals surface area contributed by atoms with Crippen LogP contribution in [0.15, 0.2) is 140 Å². The van der Waals surface area contributed by atoms with Gasteiger partial charge in [0, 0.05) is 47.9 Å². The third-order valence-electron chi connectivity index (χ3n) is 8.13. The molecular formula is C37H23N3S. The van der Waals surface area contributed by atoms with Crippen molar-refractivity contribution in [1.29, 1.82) is 0 Å². The number of benzene rings is 6. The van der Waals surface area contributed by atoms with Gasteiger partial charge in [-0.05, 0) is 72.8 Å². The Morgan fingerprint density at radius 3 is 1.98 bits per heavy atom. The van der Waals surface area contributed by atoms with Crippen LogP contribution in [0.5, 0.6) is 0 Å². The molecule has 0 radical (unpaired) electrons. The SMILES string of the molecule is c1ccc(-n2c(-c3ccc(-n4c5ccccc5c5cc6sc7ccccc7c6cc54)cc3)nc3ccccc32)cc1. The van der Waals surface area contributed by atoms with Crippen molar-refractivity contribution in [3.63, 3.8) is 0 Å². The summed E-state index contributed by atoms with van der Waals surface area (Å²) in [7, 11) is 0. The van der Waals surface area contributed by atoms with E-state index >= 15 is 0 Å². The van der Waals surface area contributed by atoms with Crippen molar-refractivity contribution in [2.75, 3.05) is 0 Å². The van der Waals surface area contributed by atoms with Crippen molar-refractivity contribution in [2.45, 2.75) is 0 Å². The second-order valence-corrected chi connectivity index (χ2v) is 11.5. The lowest BCUT2D eigenvalue weighted by Gasteiger charge is -2.11. The normalized spacial score (nSPS) is 11.9. The number of rotatable bonds is 3. The molecule has 0 unspecified atom stereocenters. The Balaban J connectivity index is 1.26. The summed E-state index contributed by atoms with van der Waals surface area (Å²) < 4.78 is 7.32. The van der Waals surface area contributed by atoms with Crippen LogP contribution in [0, 0.1) is 0 Å². The summed E-state index contributed by atoms with van der Waals surface area (Å²) in [6.45, 7) is 0. The van der Waals surface area contributed by atoms with Crippen LogP contribution in [-0.4, -0.2) is 14.1 Å². The van der Waals surface area contributed by atoms with Crippen molar-refractivity contribution < 1.29 is 0 Å². The highest BCUT2D eigenvalue weighted by molar-refractivity contribution is 7.25. The average Bonchev–Trinajstić information content (AvgIpc) is 3.70. The van der Waals surface area contributed by atoms with Gasteiger partial charge in [0.25, 0.3) is 0 Å². The fourth-order valence-electron chi connectivity index (χ4n) is 6.28. The van der Waals surface area contributed by atoms with Gasteiger partial charge >= 0.3 is 0 Å². The van der Waals surface area contributed by atoms with E-state index < -0.39 is 0 Å². The lowest BCUT2D eigenvalue weighted by molar-refractivity contribution is 1.10. The Kier molecular flexibility index (Phi) is 4.77. The molecule has 0 aliphatic rings. The molecule has 9 aromatic rings. The maximum absolute atomic E-state index is 5.07. The highest BCUT2D eigenvalue weighted by Crippen LogP contribution is 2.40. The Labute approximate surface area is 240 Å². The molecule has 0 aliphatic carbocycles. The first-order chi connectivity index (χ1) is 20.3. The van der Waals surface area contributed by atoms with Gasteiger partial charge in [-0.1, -0.05) is 66.7 Å². The molecule has 192 valence electrons. The van der Waals surface area contributed by atoms with Crippen molar-refractivity contribution in [3.8, 4) is 22.8 Å². The lowest BCUT2D eigenvalue weighted by Crippen LogP contribution is -1.98. The number of hydrogen-bond donors (Lipinski definition) is 0. The number of nitrogens with zero attached hydrogens (tertiary/aromatic N) is 3. The third kappa shape index (κ3) is 3.35. The van der Waals surface area contributed by atoms with Crippen LogP contribution in [0.4, 0.5) is 0 Å². The fraction of sp³-hybridized carbons (Fsp3) is 0. The highest BCUT2D eigenvalue weighted by atomic mass is 32.1. The predicted molar refractivity (Wildman–Crippen MR) is 174 cm³/mol. The predicted octanol–water partition coefficient (Wildman–Crippen LogP) is 10.2. The van der Waals surface area contributed by atoms with Gasteiger partial charge in [-0.15, -0.1) is 11.3 Å². The van der Waals surface area contributed by atoms with E-state index in [-0.39, 0.29) is 0 Å². The van der Waals surface area contributed by atoms with Crippen LogP contribution < -0.4 is 0 Å². The zero-order chi connectivity index (χ0) is 26.9. The van der Waals surface area contributed by atoms with Gasteiger partial charge < -0.3 is 4.57 Å². The molecular weight excluding hydrogens is 518 g/mol. The smallest absolute Gasteiger partial charge is 0.145 e. The Morgan fingerprint density at radius 1 is 0.439 bits per heavy atom. The van der Waals surface area contributed by atoms with Crippen LogP contribution in [0.3, 0.4) is 0 Å². The number of thiophene rings is 1. The molecule has 0 bridgehead atoms. The number of hydrogen-bond acceptors (Lipinski definition) is 2. The largest absolute Gasteiger partial charge is 0.309 e. The summed E-state index contributed by atoms with van der Waals surface area (Å²) >= 11 is 1.87. The molecule has 0 amide bonds. The number of imidazole rings is 1. The second kappa shape index (κ2) is 8.65. The molecule has 0 saturated heterocycles. The summed E-state index contributed by atoms with van der Waals surface area (Å²) in [6, 6.07) is 49.9. The lowest BCUT2D eigenvalue weighted by atomic mass is 10.1. The molecule has 0 fully saturated rings. The molecule has 3 aromatic heterocycles. The van der Waals surface area contributed by atoms with Crippen LogP contribution in [-0.2, 0) is 0 Å². The van der Waals surface area contributed by atoms with E-state index in [0.29, 0.717) is 0 Å². The van der Waals surface area contributed by atoms with Gasteiger partial charge in [0.1, 0.15) is 5.82 Å². The van der Waals surface area contributed by atoms with E-state index in [9.17, 15) is 0 Å². The number of fused-ring (bicyclic) bond motifs is 7. The molecule has 3 heterocycles. The van der Waals surface area contributed by atoms with Gasteiger partial charge in [-0.25, -0.2) is 4.98 Å². The minimum absolute atomic E-state index is 0.942. The van der Waals surface area contributed by atoms with Crippen LogP contribution in [0.2, 0.25) is 0 Å². The van der Waals surface area contributed by atoms with Gasteiger partial charge in [-0.3, -0.25) is 4.57 Å². The molecule has 4 heteroatoms. The van der Waals surface area contributed by atoms with Crippen molar-refractivity contribution in [3.05, 3.63) is 140 Å². The zero-order valence-corrected chi connectivity index (χ0v) is 22.8. The van der Waals surface area contributed by atoms with E-state index in [1.807, 2.05) is 17.4 Å². The first-order valence-electron chi connectivity index (χ1n) is 13.8. The standard InChI is InChI=1S/C37H23N3S/c1-2-10-25(11-3-1)40-33-16-8-6-14-31(33)38-37(40)24-18-20-26(21-19-24)39-32-15-7-4-12-27(32)29-23-36-30(22-34(29)39)28-13-5-9-17-35(28)41-36/h1-23H. The van der Waals surface area contributed by atoms with Crippen molar-refractivity contribution in [1.82, 2.24) is 14.1 Å². The fourth-order valence-corrected chi connectivity index (χ4v) is 7.41.